The van der Waals surface area contributed by atoms with Gasteiger partial charge in [-0.3, -0.25) is 0 Å². The van der Waals surface area contributed by atoms with Gasteiger partial charge in [0.1, 0.15) is 0 Å². The standard InChI is InChI=1S/C17H21N/c1-13-7-5-9-15-14(13)8-6-10-16(15)17(18)11-3-2-4-12-17/h5-10H,2-4,11-12,18H2,1H3. The second-order valence-corrected chi connectivity index (χ2v) is 5.69. The topological polar surface area (TPSA) is 26.0 Å². The van der Waals surface area contributed by atoms with Gasteiger partial charge >= 0.3 is 0 Å². The zero-order valence-electron chi connectivity index (χ0n) is 11.1. The molecule has 0 aliphatic heterocycles. The molecule has 94 valence electrons. The first-order valence-electron chi connectivity index (χ1n) is 6.98. The highest BCUT2D eigenvalue weighted by molar-refractivity contribution is 5.89. The van der Waals surface area contributed by atoms with Gasteiger partial charge in [0.25, 0.3) is 0 Å². The van der Waals surface area contributed by atoms with Crippen LogP contribution in [-0.2, 0) is 5.54 Å². The summed E-state index contributed by atoms with van der Waals surface area (Å²) in [6, 6.07) is 13.1. The van der Waals surface area contributed by atoms with Crippen molar-refractivity contribution in [3.8, 4) is 0 Å². The lowest BCUT2D eigenvalue weighted by molar-refractivity contribution is 0.304. The highest BCUT2D eigenvalue weighted by Crippen LogP contribution is 2.38. The fourth-order valence-electron chi connectivity index (χ4n) is 3.35. The van der Waals surface area contributed by atoms with Gasteiger partial charge in [-0.1, -0.05) is 55.7 Å². The monoisotopic (exact) mass is 239 g/mol. The summed E-state index contributed by atoms with van der Waals surface area (Å²) in [5.74, 6) is 0. The Hall–Kier alpha value is -1.34. The molecule has 0 amide bonds. The lowest BCUT2D eigenvalue weighted by atomic mass is 9.76. The van der Waals surface area contributed by atoms with Crippen LogP contribution in [0.25, 0.3) is 10.8 Å². The Bertz CT molecular complexity index is 565. The van der Waals surface area contributed by atoms with Crippen LogP contribution < -0.4 is 5.73 Å². The lowest BCUT2D eigenvalue weighted by Gasteiger charge is -2.35. The maximum absolute atomic E-state index is 6.70. The summed E-state index contributed by atoms with van der Waals surface area (Å²) in [7, 11) is 0. The number of fused-ring (bicyclic) bond motifs is 1. The molecule has 2 aromatic rings. The summed E-state index contributed by atoms with van der Waals surface area (Å²) >= 11 is 0. The van der Waals surface area contributed by atoms with E-state index in [1.807, 2.05) is 0 Å². The molecule has 1 aliphatic carbocycles. The van der Waals surface area contributed by atoms with Gasteiger partial charge in [-0.05, 0) is 41.7 Å². The third-order valence-corrected chi connectivity index (χ3v) is 4.42. The molecular weight excluding hydrogens is 218 g/mol. The quantitative estimate of drug-likeness (QED) is 0.790. The molecule has 1 saturated carbocycles. The van der Waals surface area contributed by atoms with E-state index >= 15 is 0 Å². The number of benzene rings is 2. The van der Waals surface area contributed by atoms with E-state index in [9.17, 15) is 0 Å². The van der Waals surface area contributed by atoms with Crippen LogP contribution in [0.1, 0.15) is 43.2 Å². The largest absolute Gasteiger partial charge is 0.321 e. The van der Waals surface area contributed by atoms with Gasteiger partial charge in [0.2, 0.25) is 0 Å². The average Bonchev–Trinajstić information content (AvgIpc) is 2.39. The first kappa shape index (κ1) is 11.7. The number of nitrogens with two attached hydrogens (primary N) is 1. The normalized spacial score (nSPS) is 19.0. The van der Waals surface area contributed by atoms with Crippen molar-refractivity contribution < 1.29 is 0 Å². The van der Waals surface area contributed by atoms with Crippen molar-refractivity contribution in [2.24, 2.45) is 5.73 Å². The molecule has 0 unspecified atom stereocenters. The van der Waals surface area contributed by atoms with Crippen molar-refractivity contribution in [1.29, 1.82) is 0 Å². The van der Waals surface area contributed by atoms with Crippen LogP contribution in [0.4, 0.5) is 0 Å². The predicted octanol–water partition coefficient (Wildman–Crippen LogP) is 4.27. The molecule has 0 atom stereocenters. The highest BCUT2D eigenvalue weighted by Gasteiger charge is 2.30. The molecule has 18 heavy (non-hydrogen) atoms. The predicted molar refractivity (Wildman–Crippen MR) is 77.6 cm³/mol. The van der Waals surface area contributed by atoms with Crippen molar-refractivity contribution in [3.63, 3.8) is 0 Å². The smallest absolute Gasteiger partial charge is 0.0415 e. The molecule has 2 aromatic carbocycles. The molecule has 0 heterocycles. The second-order valence-electron chi connectivity index (χ2n) is 5.69. The van der Waals surface area contributed by atoms with Gasteiger partial charge in [0.05, 0.1) is 0 Å². The SMILES string of the molecule is Cc1cccc2c(C3(N)CCCCC3)cccc12. The van der Waals surface area contributed by atoms with Crippen molar-refractivity contribution in [1.82, 2.24) is 0 Å². The van der Waals surface area contributed by atoms with Crippen molar-refractivity contribution in [2.75, 3.05) is 0 Å². The summed E-state index contributed by atoms with van der Waals surface area (Å²) < 4.78 is 0. The van der Waals surface area contributed by atoms with Crippen LogP contribution in [-0.4, -0.2) is 0 Å². The van der Waals surface area contributed by atoms with E-state index in [-0.39, 0.29) is 5.54 Å². The summed E-state index contributed by atoms with van der Waals surface area (Å²) in [5.41, 5.74) is 9.28. The van der Waals surface area contributed by atoms with Gasteiger partial charge in [-0.25, -0.2) is 0 Å². The van der Waals surface area contributed by atoms with E-state index in [2.05, 4.69) is 43.3 Å². The summed E-state index contributed by atoms with van der Waals surface area (Å²) in [6.45, 7) is 2.18. The Kier molecular flexibility index (Phi) is 2.87. The molecule has 0 spiro atoms. The van der Waals surface area contributed by atoms with Crippen LogP contribution >= 0.6 is 0 Å². The third kappa shape index (κ3) is 1.83. The van der Waals surface area contributed by atoms with E-state index < -0.39 is 0 Å². The van der Waals surface area contributed by atoms with E-state index in [0.29, 0.717) is 0 Å². The van der Waals surface area contributed by atoms with E-state index in [1.54, 1.807) is 0 Å². The number of hydrogen-bond donors (Lipinski definition) is 1. The van der Waals surface area contributed by atoms with Crippen molar-refractivity contribution >= 4 is 10.8 Å². The fraction of sp³-hybridized carbons (Fsp3) is 0.412. The highest BCUT2D eigenvalue weighted by atomic mass is 14.7. The van der Waals surface area contributed by atoms with Crippen LogP contribution in [0.2, 0.25) is 0 Å². The Balaban J connectivity index is 2.20. The van der Waals surface area contributed by atoms with Gasteiger partial charge in [-0.15, -0.1) is 0 Å². The Labute approximate surface area is 109 Å². The first-order valence-corrected chi connectivity index (χ1v) is 6.98. The summed E-state index contributed by atoms with van der Waals surface area (Å²) in [4.78, 5) is 0. The Morgan fingerprint density at radius 2 is 1.56 bits per heavy atom. The van der Waals surface area contributed by atoms with Crippen LogP contribution in [0.3, 0.4) is 0 Å². The summed E-state index contributed by atoms with van der Waals surface area (Å²) in [6.07, 6.45) is 6.11. The van der Waals surface area contributed by atoms with Gasteiger partial charge in [-0.2, -0.15) is 0 Å². The molecule has 2 N–H and O–H groups in total. The maximum atomic E-state index is 6.70. The zero-order valence-corrected chi connectivity index (χ0v) is 11.1. The molecule has 1 aliphatic rings. The van der Waals surface area contributed by atoms with E-state index in [4.69, 9.17) is 5.73 Å². The minimum absolute atomic E-state index is 0.106. The van der Waals surface area contributed by atoms with E-state index in [1.165, 1.54) is 41.2 Å². The van der Waals surface area contributed by atoms with Crippen molar-refractivity contribution in [3.05, 3.63) is 47.5 Å². The second kappa shape index (κ2) is 4.40. The number of hydrogen-bond acceptors (Lipinski definition) is 1. The molecule has 1 nitrogen and oxygen atoms in total. The fourth-order valence-corrected chi connectivity index (χ4v) is 3.35. The number of aryl methyl sites for hydroxylation is 1. The van der Waals surface area contributed by atoms with Crippen LogP contribution in [0, 0.1) is 6.92 Å². The third-order valence-electron chi connectivity index (χ3n) is 4.42. The Morgan fingerprint density at radius 1 is 0.889 bits per heavy atom. The molecule has 0 radical (unpaired) electrons. The summed E-state index contributed by atoms with van der Waals surface area (Å²) in [5, 5.41) is 2.70. The molecule has 0 bridgehead atoms. The molecule has 1 fully saturated rings. The average molecular weight is 239 g/mol. The minimum atomic E-state index is -0.106. The molecule has 3 rings (SSSR count). The Morgan fingerprint density at radius 3 is 2.33 bits per heavy atom. The van der Waals surface area contributed by atoms with Crippen LogP contribution in [0.15, 0.2) is 36.4 Å². The zero-order chi connectivity index (χ0) is 12.6. The van der Waals surface area contributed by atoms with Gasteiger partial charge < -0.3 is 5.73 Å². The maximum Gasteiger partial charge on any atom is 0.0415 e. The van der Waals surface area contributed by atoms with Gasteiger partial charge in [0, 0.05) is 5.54 Å². The molecule has 1 heteroatoms. The first-order chi connectivity index (χ1) is 8.71. The lowest BCUT2D eigenvalue weighted by Crippen LogP contribution is -2.38. The number of rotatable bonds is 1. The molecule has 0 aromatic heterocycles. The van der Waals surface area contributed by atoms with Crippen LogP contribution in [0.5, 0.6) is 0 Å². The van der Waals surface area contributed by atoms with Crippen molar-refractivity contribution in [2.45, 2.75) is 44.6 Å². The molecular formula is C17H21N. The molecule has 0 saturated heterocycles. The van der Waals surface area contributed by atoms with E-state index in [0.717, 1.165) is 12.8 Å². The minimum Gasteiger partial charge on any atom is -0.321 e. The van der Waals surface area contributed by atoms with Gasteiger partial charge in [0.15, 0.2) is 0 Å².